The van der Waals surface area contributed by atoms with E-state index >= 15 is 0 Å². The minimum Gasteiger partial charge on any atom is -0.376 e. The third-order valence-electron chi connectivity index (χ3n) is 4.36. The number of nitrogens with one attached hydrogen (secondary N) is 1. The molecule has 5 heteroatoms. The van der Waals surface area contributed by atoms with Gasteiger partial charge < -0.3 is 10.1 Å². The topological polar surface area (TPSA) is 34.1 Å². The van der Waals surface area contributed by atoms with Crippen LogP contribution in [0.3, 0.4) is 0 Å². The van der Waals surface area contributed by atoms with Crippen LogP contribution in [0.5, 0.6) is 0 Å². The number of ether oxygens (including phenoxy) is 1. The molecule has 2 heterocycles. The van der Waals surface area contributed by atoms with E-state index in [9.17, 15) is 4.39 Å². The van der Waals surface area contributed by atoms with E-state index in [4.69, 9.17) is 21.3 Å². The highest BCUT2D eigenvalue weighted by Crippen LogP contribution is 2.23. The van der Waals surface area contributed by atoms with Crippen molar-refractivity contribution in [1.82, 2.24) is 10.3 Å². The molecule has 128 valence electrons. The van der Waals surface area contributed by atoms with E-state index in [0.29, 0.717) is 23.1 Å². The first-order valence-electron chi connectivity index (χ1n) is 8.40. The fraction of sp³-hybridized carbons (Fsp3) is 0.421. The number of hydrogen-bond acceptors (Lipinski definition) is 3. The lowest BCUT2D eigenvalue weighted by Gasteiger charge is -2.22. The molecule has 1 N–H and O–H groups in total. The molecule has 0 bridgehead atoms. The van der Waals surface area contributed by atoms with Gasteiger partial charge in [-0.05, 0) is 50.2 Å². The third-order valence-corrected chi connectivity index (χ3v) is 4.60. The molecule has 3 rings (SSSR count). The Morgan fingerprint density at radius 2 is 2.04 bits per heavy atom. The summed E-state index contributed by atoms with van der Waals surface area (Å²) in [7, 11) is 0. The Labute approximate surface area is 147 Å². The lowest BCUT2D eigenvalue weighted by atomic mass is 9.94. The summed E-state index contributed by atoms with van der Waals surface area (Å²) in [6.07, 6.45) is 3.01. The van der Waals surface area contributed by atoms with E-state index < -0.39 is 0 Å². The van der Waals surface area contributed by atoms with Gasteiger partial charge in [0.1, 0.15) is 5.82 Å². The Balaban J connectivity index is 1.49. The zero-order valence-corrected chi connectivity index (χ0v) is 14.4. The Bertz CT molecular complexity index is 674. The van der Waals surface area contributed by atoms with Gasteiger partial charge in [0.25, 0.3) is 0 Å². The van der Waals surface area contributed by atoms with Crippen molar-refractivity contribution in [2.24, 2.45) is 0 Å². The maximum Gasteiger partial charge on any atom is 0.130 e. The fourth-order valence-corrected chi connectivity index (χ4v) is 3.14. The van der Waals surface area contributed by atoms with Crippen molar-refractivity contribution in [3.05, 3.63) is 64.2 Å². The summed E-state index contributed by atoms with van der Waals surface area (Å²) in [5.74, 6) is 0.226. The van der Waals surface area contributed by atoms with E-state index in [1.54, 1.807) is 12.1 Å². The molecular formula is C19H22ClFN2O. The van der Waals surface area contributed by atoms with Crippen molar-refractivity contribution in [3.8, 4) is 0 Å². The summed E-state index contributed by atoms with van der Waals surface area (Å²) >= 11 is 5.74. The molecule has 1 aromatic carbocycles. The average molecular weight is 349 g/mol. The molecule has 0 amide bonds. The van der Waals surface area contributed by atoms with Crippen LogP contribution in [0.2, 0.25) is 5.02 Å². The molecule has 2 aromatic rings. The lowest BCUT2D eigenvalue weighted by molar-refractivity contribution is 0.121. The zero-order valence-electron chi connectivity index (χ0n) is 13.6. The van der Waals surface area contributed by atoms with Gasteiger partial charge in [0.2, 0.25) is 0 Å². The van der Waals surface area contributed by atoms with Crippen molar-refractivity contribution in [2.75, 3.05) is 19.7 Å². The number of piperidine rings is 1. The van der Waals surface area contributed by atoms with Gasteiger partial charge in [0.05, 0.1) is 13.2 Å². The van der Waals surface area contributed by atoms with E-state index in [1.165, 1.54) is 11.8 Å². The van der Waals surface area contributed by atoms with Crippen LogP contribution >= 0.6 is 11.6 Å². The molecule has 0 saturated carbocycles. The van der Waals surface area contributed by atoms with Crippen LogP contribution in [0.25, 0.3) is 0 Å². The smallest absolute Gasteiger partial charge is 0.130 e. The Hall–Kier alpha value is -1.49. The highest BCUT2D eigenvalue weighted by atomic mass is 35.5. The Morgan fingerprint density at radius 3 is 2.83 bits per heavy atom. The van der Waals surface area contributed by atoms with E-state index in [0.717, 1.165) is 38.0 Å². The van der Waals surface area contributed by atoms with Gasteiger partial charge in [0, 0.05) is 34.3 Å². The zero-order chi connectivity index (χ0) is 16.8. The van der Waals surface area contributed by atoms with Crippen LogP contribution in [-0.4, -0.2) is 24.7 Å². The van der Waals surface area contributed by atoms with Crippen molar-refractivity contribution >= 4 is 11.6 Å². The summed E-state index contributed by atoms with van der Waals surface area (Å²) in [6.45, 7) is 2.89. The minimum absolute atomic E-state index is 0.247. The molecule has 0 spiro atoms. The first kappa shape index (κ1) is 17.3. The highest BCUT2D eigenvalue weighted by Gasteiger charge is 2.16. The van der Waals surface area contributed by atoms with Crippen molar-refractivity contribution in [2.45, 2.75) is 31.8 Å². The van der Waals surface area contributed by atoms with Gasteiger partial charge >= 0.3 is 0 Å². The van der Waals surface area contributed by atoms with Gasteiger partial charge in [-0.15, -0.1) is 0 Å². The van der Waals surface area contributed by atoms with Crippen molar-refractivity contribution in [1.29, 1.82) is 0 Å². The number of aromatic nitrogens is 1. The van der Waals surface area contributed by atoms with Crippen LogP contribution < -0.4 is 5.32 Å². The normalized spacial score (nSPS) is 15.6. The maximum atomic E-state index is 13.7. The fourth-order valence-electron chi connectivity index (χ4n) is 2.98. The van der Waals surface area contributed by atoms with Crippen molar-refractivity contribution in [3.63, 3.8) is 0 Å². The molecule has 0 aliphatic carbocycles. The molecule has 3 nitrogen and oxygen atoms in total. The Morgan fingerprint density at radius 1 is 1.21 bits per heavy atom. The third kappa shape index (κ3) is 4.76. The minimum atomic E-state index is -0.325. The lowest BCUT2D eigenvalue weighted by Crippen LogP contribution is -2.27. The SMILES string of the molecule is Fc1cc(Cl)ccc1COCCc1cccc(C2CCNCC2)n1. The molecule has 1 saturated heterocycles. The highest BCUT2D eigenvalue weighted by molar-refractivity contribution is 6.30. The summed E-state index contributed by atoms with van der Waals surface area (Å²) < 4.78 is 19.3. The molecule has 0 unspecified atom stereocenters. The number of pyridine rings is 1. The van der Waals surface area contributed by atoms with Gasteiger partial charge in [-0.2, -0.15) is 0 Å². The summed E-state index contributed by atoms with van der Waals surface area (Å²) in [5, 5.41) is 3.78. The van der Waals surface area contributed by atoms with Crippen LogP contribution in [0.4, 0.5) is 4.39 Å². The van der Waals surface area contributed by atoms with E-state index in [-0.39, 0.29) is 12.4 Å². The average Bonchev–Trinajstić information content (AvgIpc) is 2.61. The molecule has 1 aromatic heterocycles. The van der Waals surface area contributed by atoms with Gasteiger partial charge in [0.15, 0.2) is 0 Å². The maximum absolute atomic E-state index is 13.7. The first-order chi connectivity index (χ1) is 11.7. The molecule has 0 radical (unpaired) electrons. The number of rotatable bonds is 6. The number of hydrogen-bond donors (Lipinski definition) is 1. The van der Waals surface area contributed by atoms with Gasteiger partial charge in [-0.3, -0.25) is 4.98 Å². The molecule has 0 atom stereocenters. The molecule has 1 aliphatic rings. The standard InChI is InChI=1S/C19H22ClFN2O/c20-16-5-4-15(18(21)12-16)13-24-11-8-17-2-1-3-19(23-17)14-6-9-22-10-7-14/h1-5,12,14,22H,6-11,13H2. The van der Waals surface area contributed by atoms with Crippen LogP contribution in [-0.2, 0) is 17.8 Å². The molecule has 24 heavy (non-hydrogen) atoms. The second kappa shape index (κ2) is 8.56. The second-order valence-electron chi connectivity index (χ2n) is 6.12. The van der Waals surface area contributed by atoms with Crippen LogP contribution in [0.15, 0.2) is 36.4 Å². The van der Waals surface area contributed by atoms with Gasteiger partial charge in [-0.1, -0.05) is 23.7 Å². The van der Waals surface area contributed by atoms with E-state index in [2.05, 4.69) is 17.4 Å². The predicted molar refractivity (Wildman–Crippen MR) is 93.9 cm³/mol. The quantitative estimate of drug-likeness (QED) is 0.798. The second-order valence-corrected chi connectivity index (χ2v) is 6.55. The van der Waals surface area contributed by atoms with Crippen LogP contribution in [0.1, 0.15) is 35.7 Å². The summed E-state index contributed by atoms with van der Waals surface area (Å²) in [4.78, 5) is 4.77. The van der Waals surface area contributed by atoms with E-state index in [1.807, 2.05) is 6.07 Å². The first-order valence-corrected chi connectivity index (χ1v) is 8.78. The van der Waals surface area contributed by atoms with Gasteiger partial charge in [-0.25, -0.2) is 4.39 Å². The van der Waals surface area contributed by atoms with Crippen LogP contribution in [0, 0.1) is 5.82 Å². The monoisotopic (exact) mass is 348 g/mol. The number of nitrogens with zero attached hydrogens (tertiary/aromatic N) is 1. The number of benzene rings is 1. The molecular weight excluding hydrogens is 327 g/mol. The largest absolute Gasteiger partial charge is 0.376 e. The van der Waals surface area contributed by atoms with Crippen molar-refractivity contribution < 1.29 is 9.13 Å². The summed E-state index contributed by atoms with van der Waals surface area (Å²) in [5.41, 5.74) is 2.73. The predicted octanol–water partition coefficient (Wildman–Crippen LogP) is 4.10. The number of halogens is 2. The molecule has 1 aliphatic heterocycles. The molecule has 1 fully saturated rings. The summed E-state index contributed by atoms with van der Waals surface area (Å²) in [6, 6.07) is 10.9. The Kier molecular flexibility index (Phi) is 6.18.